The predicted octanol–water partition coefficient (Wildman–Crippen LogP) is 2.55. The molecule has 1 aromatic heterocycles. The first-order chi connectivity index (χ1) is 14.6. The van der Waals surface area contributed by atoms with Crippen LogP contribution >= 0.6 is 0 Å². The molecule has 1 unspecified atom stereocenters. The third-order valence-electron chi connectivity index (χ3n) is 6.70. The highest BCUT2D eigenvalue weighted by Crippen LogP contribution is 2.45. The summed E-state index contributed by atoms with van der Waals surface area (Å²) in [7, 11) is 1.70. The van der Waals surface area contributed by atoms with Gasteiger partial charge in [-0.05, 0) is 67.1 Å². The second kappa shape index (κ2) is 7.40. The molecule has 1 aliphatic carbocycles. The van der Waals surface area contributed by atoms with E-state index in [0.717, 1.165) is 25.1 Å². The molecule has 30 heavy (non-hydrogen) atoms. The van der Waals surface area contributed by atoms with Crippen molar-refractivity contribution in [2.75, 3.05) is 13.7 Å². The Morgan fingerprint density at radius 1 is 1.23 bits per heavy atom. The lowest BCUT2D eigenvalue weighted by Gasteiger charge is -2.32. The Morgan fingerprint density at radius 2 is 2.10 bits per heavy atom. The van der Waals surface area contributed by atoms with E-state index in [4.69, 9.17) is 4.74 Å². The number of halogens is 1. The Morgan fingerprint density at radius 3 is 2.93 bits per heavy atom. The van der Waals surface area contributed by atoms with Gasteiger partial charge in [0, 0.05) is 18.5 Å². The SMILES string of the molecule is COc1cccc2c1CC[C@H]1CNC(CCn3c(=O)[nH]c4ccc(F)cc4c3=O)[C@@H]21. The minimum absolute atomic E-state index is 0.163. The van der Waals surface area contributed by atoms with Gasteiger partial charge in [0.25, 0.3) is 5.56 Å². The molecule has 0 spiro atoms. The molecule has 1 fully saturated rings. The van der Waals surface area contributed by atoms with Gasteiger partial charge in [-0.3, -0.25) is 9.36 Å². The predicted molar refractivity (Wildman–Crippen MR) is 113 cm³/mol. The van der Waals surface area contributed by atoms with Gasteiger partial charge >= 0.3 is 5.69 Å². The number of hydrogen-bond acceptors (Lipinski definition) is 4. The molecule has 6 nitrogen and oxygen atoms in total. The molecule has 7 heteroatoms. The zero-order chi connectivity index (χ0) is 20.8. The number of rotatable bonds is 4. The van der Waals surface area contributed by atoms with E-state index in [1.54, 1.807) is 7.11 Å². The normalized spacial score (nSPS) is 22.7. The maximum Gasteiger partial charge on any atom is 0.328 e. The lowest BCUT2D eigenvalue weighted by atomic mass is 9.73. The molecule has 2 heterocycles. The fourth-order valence-electron chi connectivity index (χ4n) is 5.30. The molecule has 0 amide bonds. The van der Waals surface area contributed by atoms with Crippen molar-refractivity contribution in [2.24, 2.45) is 5.92 Å². The Kier molecular flexibility index (Phi) is 4.70. The number of aromatic nitrogens is 2. The van der Waals surface area contributed by atoms with Crippen LogP contribution in [0.3, 0.4) is 0 Å². The summed E-state index contributed by atoms with van der Waals surface area (Å²) in [6.45, 7) is 1.21. The first-order valence-corrected chi connectivity index (χ1v) is 10.4. The fraction of sp³-hybridized carbons (Fsp3) is 0.391. The minimum Gasteiger partial charge on any atom is -0.496 e. The van der Waals surface area contributed by atoms with Crippen LogP contribution in [0.1, 0.15) is 29.9 Å². The fourth-order valence-corrected chi connectivity index (χ4v) is 5.30. The van der Waals surface area contributed by atoms with Gasteiger partial charge in [-0.15, -0.1) is 0 Å². The maximum atomic E-state index is 13.6. The zero-order valence-corrected chi connectivity index (χ0v) is 16.8. The number of aromatic amines is 1. The first-order valence-electron chi connectivity index (χ1n) is 10.4. The zero-order valence-electron chi connectivity index (χ0n) is 16.8. The Balaban J connectivity index is 1.45. The molecular weight excluding hydrogens is 385 g/mol. The highest BCUT2D eigenvalue weighted by atomic mass is 19.1. The number of hydrogen-bond donors (Lipinski definition) is 2. The standard InChI is InChI=1S/C23H24FN3O3/c1-30-20-4-2-3-16-15(20)7-5-13-12-25-19(21(13)16)9-10-27-22(28)17-11-14(24)6-8-18(17)26-23(27)29/h2-4,6,8,11,13,19,21,25H,5,7,9-10,12H2,1H3,(H,26,29)/t13-,19?,21+/m0/s1. The number of benzene rings is 2. The van der Waals surface area contributed by atoms with Crippen LogP contribution < -0.4 is 21.3 Å². The second-order valence-corrected chi connectivity index (χ2v) is 8.23. The van der Waals surface area contributed by atoms with Crippen LogP contribution in [0.15, 0.2) is 46.0 Å². The molecule has 2 aliphatic rings. The van der Waals surface area contributed by atoms with E-state index in [9.17, 15) is 14.0 Å². The summed E-state index contributed by atoms with van der Waals surface area (Å²) >= 11 is 0. The lowest BCUT2D eigenvalue weighted by molar-refractivity contribution is 0.371. The molecule has 3 atom stereocenters. The largest absolute Gasteiger partial charge is 0.496 e. The Labute approximate surface area is 172 Å². The van der Waals surface area contributed by atoms with Crippen LogP contribution in [0, 0.1) is 11.7 Å². The topological polar surface area (TPSA) is 76.1 Å². The second-order valence-electron chi connectivity index (χ2n) is 8.23. The molecule has 2 N–H and O–H groups in total. The van der Waals surface area contributed by atoms with E-state index >= 15 is 0 Å². The quantitative estimate of drug-likeness (QED) is 0.694. The monoisotopic (exact) mass is 409 g/mol. The van der Waals surface area contributed by atoms with Gasteiger partial charge in [0.1, 0.15) is 11.6 Å². The molecule has 5 rings (SSSR count). The molecule has 2 aromatic carbocycles. The average molecular weight is 409 g/mol. The van der Waals surface area contributed by atoms with Gasteiger partial charge in [-0.25, -0.2) is 9.18 Å². The molecule has 1 saturated heterocycles. The number of methoxy groups -OCH3 is 1. The van der Waals surface area contributed by atoms with Gasteiger partial charge in [0.05, 0.1) is 18.0 Å². The third kappa shape index (κ3) is 3.04. The molecular formula is C23H24FN3O3. The Hall–Kier alpha value is -2.93. The number of fused-ring (bicyclic) bond motifs is 4. The molecule has 3 aromatic rings. The van der Waals surface area contributed by atoms with Crippen LogP contribution in [0.2, 0.25) is 0 Å². The van der Waals surface area contributed by atoms with E-state index in [0.29, 0.717) is 23.8 Å². The highest BCUT2D eigenvalue weighted by Gasteiger charge is 2.40. The molecule has 0 bridgehead atoms. The van der Waals surface area contributed by atoms with E-state index < -0.39 is 17.1 Å². The van der Waals surface area contributed by atoms with Crippen molar-refractivity contribution in [1.29, 1.82) is 0 Å². The van der Waals surface area contributed by atoms with Crippen LogP contribution in [0.5, 0.6) is 5.75 Å². The number of ether oxygens (including phenoxy) is 1. The first kappa shape index (κ1) is 19.1. The van der Waals surface area contributed by atoms with Gasteiger partial charge in [0.2, 0.25) is 0 Å². The molecule has 1 aliphatic heterocycles. The van der Waals surface area contributed by atoms with Gasteiger partial charge < -0.3 is 15.0 Å². The summed E-state index contributed by atoms with van der Waals surface area (Å²) in [5.74, 6) is 1.30. The number of H-pyrrole nitrogens is 1. The molecule has 0 saturated carbocycles. The average Bonchev–Trinajstić information content (AvgIpc) is 3.17. The third-order valence-corrected chi connectivity index (χ3v) is 6.70. The van der Waals surface area contributed by atoms with Crippen molar-refractivity contribution in [3.63, 3.8) is 0 Å². The lowest BCUT2D eigenvalue weighted by Crippen LogP contribution is -2.38. The van der Waals surface area contributed by atoms with Gasteiger partial charge in [-0.1, -0.05) is 12.1 Å². The van der Waals surface area contributed by atoms with Crippen LogP contribution in [0.25, 0.3) is 10.9 Å². The van der Waals surface area contributed by atoms with E-state index in [-0.39, 0.29) is 18.0 Å². The van der Waals surface area contributed by atoms with Crippen molar-refractivity contribution < 1.29 is 9.13 Å². The number of nitrogens with one attached hydrogen (secondary N) is 2. The van der Waals surface area contributed by atoms with Crippen LogP contribution in [0.4, 0.5) is 4.39 Å². The van der Waals surface area contributed by atoms with Gasteiger partial charge in [-0.2, -0.15) is 0 Å². The van der Waals surface area contributed by atoms with Crippen molar-refractivity contribution in [1.82, 2.24) is 14.9 Å². The van der Waals surface area contributed by atoms with E-state index in [1.807, 2.05) is 12.1 Å². The maximum absolute atomic E-state index is 13.6. The molecule has 156 valence electrons. The number of nitrogens with zero attached hydrogens (tertiary/aromatic N) is 1. The summed E-state index contributed by atoms with van der Waals surface area (Å²) in [5.41, 5.74) is 2.02. The van der Waals surface area contributed by atoms with Crippen molar-refractivity contribution in [3.8, 4) is 5.75 Å². The summed E-state index contributed by atoms with van der Waals surface area (Å²) < 4.78 is 20.4. The smallest absolute Gasteiger partial charge is 0.328 e. The van der Waals surface area contributed by atoms with Crippen LogP contribution in [-0.4, -0.2) is 29.2 Å². The summed E-state index contributed by atoms with van der Waals surface area (Å²) in [6, 6.07) is 10.2. The van der Waals surface area contributed by atoms with E-state index in [2.05, 4.69) is 16.4 Å². The van der Waals surface area contributed by atoms with Gasteiger partial charge in [0.15, 0.2) is 0 Å². The van der Waals surface area contributed by atoms with Crippen molar-refractivity contribution in [3.05, 3.63) is 74.2 Å². The van der Waals surface area contributed by atoms with Crippen molar-refractivity contribution >= 4 is 10.9 Å². The Bertz CT molecular complexity index is 1230. The highest BCUT2D eigenvalue weighted by molar-refractivity contribution is 5.77. The minimum atomic E-state index is -0.494. The summed E-state index contributed by atoms with van der Waals surface area (Å²) in [6.07, 6.45) is 2.74. The van der Waals surface area contributed by atoms with E-state index in [1.165, 1.54) is 33.9 Å². The van der Waals surface area contributed by atoms with Crippen LogP contribution in [-0.2, 0) is 13.0 Å². The van der Waals surface area contributed by atoms with Crippen molar-refractivity contribution in [2.45, 2.75) is 37.8 Å². The molecule has 0 radical (unpaired) electrons. The summed E-state index contributed by atoms with van der Waals surface area (Å²) in [4.78, 5) is 28.0. The summed E-state index contributed by atoms with van der Waals surface area (Å²) in [5, 5.41) is 3.80.